The van der Waals surface area contributed by atoms with Gasteiger partial charge in [-0.1, -0.05) is 19.1 Å². The third-order valence-corrected chi connectivity index (χ3v) is 3.25. The van der Waals surface area contributed by atoms with Crippen LogP contribution < -0.4 is 5.32 Å². The number of benzene rings is 1. The van der Waals surface area contributed by atoms with Crippen LogP contribution in [0.15, 0.2) is 42.7 Å². The third-order valence-electron chi connectivity index (χ3n) is 3.25. The van der Waals surface area contributed by atoms with Gasteiger partial charge in [-0.3, -0.25) is 0 Å². The number of nitrogens with zero attached hydrogens (tertiary/aromatic N) is 1. The van der Waals surface area contributed by atoms with E-state index in [1.54, 1.807) is 12.1 Å². The van der Waals surface area contributed by atoms with Crippen molar-refractivity contribution in [1.82, 2.24) is 9.88 Å². The maximum absolute atomic E-state index is 13.1. The lowest BCUT2D eigenvalue weighted by Gasteiger charge is -2.13. The number of hydrogen-bond acceptors (Lipinski definition) is 1. The summed E-state index contributed by atoms with van der Waals surface area (Å²) >= 11 is 0. The van der Waals surface area contributed by atoms with Crippen molar-refractivity contribution in [3.05, 3.63) is 59.7 Å². The molecule has 102 valence electrons. The Morgan fingerprint density at radius 3 is 2.89 bits per heavy atom. The van der Waals surface area contributed by atoms with Crippen molar-refractivity contribution < 1.29 is 4.39 Å². The first-order chi connectivity index (χ1) is 9.19. The van der Waals surface area contributed by atoms with Gasteiger partial charge in [-0.2, -0.15) is 0 Å². The van der Waals surface area contributed by atoms with Crippen molar-refractivity contribution in [3.8, 4) is 0 Å². The van der Waals surface area contributed by atoms with Gasteiger partial charge < -0.3 is 9.88 Å². The van der Waals surface area contributed by atoms with Crippen molar-refractivity contribution >= 4 is 0 Å². The Kier molecular flexibility index (Phi) is 4.74. The standard InChI is InChI=1S/C16H21FN2/c1-3-8-19-9-7-14(12-19)11-18-13(2)15-5-4-6-16(17)10-15/h4-7,9-10,12-13,18H,3,8,11H2,1-2H3/t13-/m0/s1. The fraction of sp³-hybridized carbons (Fsp3) is 0.375. The SMILES string of the molecule is CCCn1ccc(CN[C@@H](C)c2cccc(F)c2)c1. The molecular weight excluding hydrogens is 239 g/mol. The van der Waals surface area contributed by atoms with E-state index in [1.807, 2.05) is 6.07 Å². The molecule has 0 saturated carbocycles. The highest BCUT2D eigenvalue weighted by atomic mass is 19.1. The normalized spacial score (nSPS) is 12.6. The molecule has 1 N–H and O–H groups in total. The molecule has 0 radical (unpaired) electrons. The third kappa shape index (κ3) is 3.93. The topological polar surface area (TPSA) is 17.0 Å². The predicted molar refractivity (Wildman–Crippen MR) is 76.4 cm³/mol. The fourth-order valence-corrected chi connectivity index (χ4v) is 2.16. The van der Waals surface area contributed by atoms with Crippen LogP contribution in [0.2, 0.25) is 0 Å². The molecule has 0 aliphatic heterocycles. The largest absolute Gasteiger partial charge is 0.354 e. The van der Waals surface area contributed by atoms with E-state index in [-0.39, 0.29) is 11.9 Å². The van der Waals surface area contributed by atoms with Gasteiger partial charge >= 0.3 is 0 Å². The molecule has 1 aromatic heterocycles. The van der Waals surface area contributed by atoms with Crippen LogP contribution >= 0.6 is 0 Å². The van der Waals surface area contributed by atoms with E-state index in [0.29, 0.717) is 0 Å². The van der Waals surface area contributed by atoms with E-state index in [4.69, 9.17) is 0 Å². The zero-order chi connectivity index (χ0) is 13.7. The summed E-state index contributed by atoms with van der Waals surface area (Å²) < 4.78 is 15.3. The molecule has 0 fully saturated rings. The quantitative estimate of drug-likeness (QED) is 0.834. The lowest BCUT2D eigenvalue weighted by molar-refractivity contribution is 0.564. The van der Waals surface area contributed by atoms with E-state index in [1.165, 1.54) is 11.6 Å². The highest BCUT2D eigenvalue weighted by molar-refractivity contribution is 5.20. The minimum absolute atomic E-state index is 0.144. The van der Waals surface area contributed by atoms with Crippen LogP contribution in [0.5, 0.6) is 0 Å². The molecule has 3 heteroatoms. The first-order valence-corrected chi connectivity index (χ1v) is 6.82. The molecular formula is C16H21FN2. The second-order valence-corrected chi connectivity index (χ2v) is 4.92. The number of halogens is 1. The fourth-order valence-electron chi connectivity index (χ4n) is 2.16. The minimum Gasteiger partial charge on any atom is -0.354 e. The minimum atomic E-state index is -0.180. The first kappa shape index (κ1) is 13.8. The maximum atomic E-state index is 13.1. The lowest BCUT2D eigenvalue weighted by atomic mass is 10.1. The number of hydrogen-bond donors (Lipinski definition) is 1. The molecule has 19 heavy (non-hydrogen) atoms. The second-order valence-electron chi connectivity index (χ2n) is 4.92. The Labute approximate surface area is 114 Å². The van der Waals surface area contributed by atoms with Crippen molar-refractivity contribution in [2.24, 2.45) is 0 Å². The van der Waals surface area contributed by atoms with Gasteiger partial charge in [0, 0.05) is 31.5 Å². The summed E-state index contributed by atoms with van der Waals surface area (Å²) in [6, 6.07) is 9.02. The molecule has 2 nitrogen and oxygen atoms in total. The summed E-state index contributed by atoms with van der Waals surface area (Å²) in [6.07, 6.45) is 5.41. The Balaban J connectivity index is 1.90. The highest BCUT2D eigenvalue weighted by Crippen LogP contribution is 2.14. The molecule has 0 amide bonds. The van der Waals surface area contributed by atoms with Gasteiger partial charge in [-0.15, -0.1) is 0 Å². The number of aryl methyl sites for hydroxylation is 1. The molecule has 0 aliphatic carbocycles. The Morgan fingerprint density at radius 1 is 1.32 bits per heavy atom. The number of aromatic nitrogens is 1. The number of rotatable bonds is 6. The molecule has 0 spiro atoms. The molecule has 2 rings (SSSR count). The van der Waals surface area contributed by atoms with Crippen LogP contribution in [0.3, 0.4) is 0 Å². The average Bonchev–Trinajstić information content (AvgIpc) is 2.84. The van der Waals surface area contributed by atoms with Gasteiger partial charge in [0.1, 0.15) is 5.82 Å². The zero-order valence-electron chi connectivity index (χ0n) is 11.6. The van der Waals surface area contributed by atoms with E-state index in [2.05, 4.69) is 42.2 Å². The molecule has 1 atom stereocenters. The summed E-state index contributed by atoms with van der Waals surface area (Å²) in [6.45, 7) is 6.08. The molecule has 0 saturated heterocycles. The van der Waals surface area contributed by atoms with Crippen molar-refractivity contribution in [2.45, 2.75) is 39.4 Å². The van der Waals surface area contributed by atoms with Crippen LogP contribution in [-0.2, 0) is 13.1 Å². The monoisotopic (exact) mass is 260 g/mol. The second kappa shape index (κ2) is 6.53. The van der Waals surface area contributed by atoms with E-state index < -0.39 is 0 Å². The van der Waals surface area contributed by atoms with E-state index in [0.717, 1.165) is 25.1 Å². The molecule has 2 aromatic rings. The molecule has 1 heterocycles. The zero-order valence-corrected chi connectivity index (χ0v) is 11.6. The Morgan fingerprint density at radius 2 is 2.16 bits per heavy atom. The van der Waals surface area contributed by atoms with Gasteiger partial charge in [-0.05, 0) is 42.7 Å². The summed E-state index contributed by atoms with van der Waals surface area (Å²) in [7, 11) is 0. The lowest BCUT2D eigenvalue weighted by Crippen LogP contribution is -2.17. The van der Waals surface area contributed by atoms with Crippen LogP contribution in [0, 0.1) is 5.82 Å². The van der Waals surface area contributed by atoms with Gasteiger partial charge in [0.15, 0.2) is 0 Å². The summed E-state index contributed by atoms with van der Waals surface area (Å²) in [5, 5.41) is 3.42. The average molecular weight is 260 g/mol. The van der Waals surface area contributed by atoms with Gasteiger partial charge in [0.25, 0.3) is 0 Å². The van der Waals surface area contributed by atoms with E-state index in [9.17, 15) is 4.39 Å². The first-order valence-electron chi connectivity index (χ1n) is 6.82. The summed E-state index contributed by atoms with van der Waals surface area (Å²) in [4.78, 5) is 0. The number of nitrogens with one attached hydrogen (secondary N) is 1. The van der Waals surface area contributed by atoms with Gasteiger partial charge in [-0.25, -0.2) is 4.39 Å². The smallest absolute Gasteiger partial charge is 0.123 e. The van der Waals surface area contributed by atoms with Crippen molar-refractivity contribution in [1.29, 1.82) is 0 Å². The molecule has 0 unspecified atom stereocenters. The highest BCUT2D eigenvalue weighted by Gasteiger charge is 2.06. The van der Waals surface area contributed by atoms with Crippen LogP contribution in [0.25, 0.3) is 0 Å². The van der Waals surface area contributed by atoms with Crippen LogP contribution in [-0.4, -0.2) is 4.57 Å². The van der Waals surface area contributed by atoms with Gasteiger partial charge in [0.2, 0.25) is 0 Å². The maximum Gasteiger partial charge on any atom is 0.123 e. The van der Waals surface area contributed by atoms with Crippen molar-refractivity contribution in [3.63, 3.8) is 0 Å². The Bertz CT molecular complexity index is 519. The van der Waals surface area contributed by atoms with Gasteiger partial charge in [0.05, 0.1) is 0 Å². The summed E-state index contributed by atoms with van der Waals surface area (Å²) in [5.41, 5.74) is 2.24. The Hall–Kier alpha value is -1.61. The predicted octanol–water partition coefficient (Wildman–Crippen LogP) is 3.89. The van der Waals surface area contributed by atoms with Crippen LogP contribution in [0.1, 0.15) is 37.4 Å². The van der Waals surface area contributed by atoms with Crippen LogP contribution in [0.4, 0.5) is 4.39 Å². The molecule has 0 bridgehead atoms. The van der Waals surface area contributed by atoms with E-state index >= 15 is 0 Å². The summed E-state index contributed by atoms with van der Waals surface area (Å²) in [5.74, 6) is -0.180. The molecule has 1 aromatic carbocycles. The van der Waals surface area contributed by atoms with Crippen molar-refractivity contribution in [2.75, 3.05) is 0 Å². The molecule has 0 aliphatic rings.